The molecule has 0 fully saturated rings. The average Bonchev–Trinajstić information content (AvgIpc) is 2.81. The number of nitrogens with one attached hydrogen (secondary N) is 1. The molecule has 0 heterocycles. The molecule has 0 aliphatic rings. The van der Waals surface area contributed by atoms with Gasteiger partial charge in [0.1, 0.15) is 11.5 Å². The van der Waals surface area contributed by atoms with Crippen molar-refractivity contribution in [1.29, 1.82) is 0 Å². The van der Waals surface area contributed by atoms with Gasteiger partial charge < -0.3 is 9.47 Å². The summed E-state index contributed by atoms with van der Waals surface area (Å²) >= 11 is 3.38. The number of hydrazone groups is 1. The molecule has 0 saturated carbocycles. The Labute approximate surface area is 194 Å². The lowest BCUT2D eigenvalue weighted by atomic mass is 10.2. The summed E-state index contributed by atoms with van der Waals surface area (Å²) in [5.74, 6) is 0.126. The average molecular weight is 493 g/mol. The highest BCUT2D eigenvalue weighted by Gasteiger charge is 2.15. The number of ether oxygens (including phenoxy) is 2. The van der Waals surface area contributed by atoms with Crippen molar-refractivity contribution in [2.24, 2.45) is 5.10 Å². The Balaban J connectivity index is 1.47. The minimum Gasteiger partial charge on any atom is -0.480 e. The minimum absolute atomic E-state index is 0.382. The quantitative estimate of drug-likeness (QED) is 0.158. The fourth-order valence-corrected chi connectivity index (χ4v) is 2.92. The molecule has 0 aliphatic carbocycles. The topological polar surface area (TPSA) is 77.0 Å². The van der Waals surface area contributed by atoms with Crippen LogP contribution in [0.1, 0.15) is 18.1 Å². The van der Waals surface area contributed by atoms with Crippen LogP contribution >= 0.6 is 15.9 Å². The Kier molecular flexibility index (Phi) is 8.34. The number of hydrogen-bond donors (Lipinski definition) is 1. The maximum absolute atomic E-state index is 12.2. The molecule has 0 aromatic heterocycles. The largest absolute Gasteiger partial charge is 0.480 e. The second kappa shape index (κ2) is 11.6. The van der Waals surface area contributed by atoms with Gasteiger partial charge in [-0.2, -0.15) is 5.10 Å². The van der Waals surface area contributed by atoms with Crippen molar-refractivity contribution < 1.29 is 19.1 Å². The fraction of sp³-hybridized carbons (Fsp3) is 0.0800. The Morgan fingerprint density at radius 2 is 1.62 bits per heavy atom. The first kappa shape index (κ1) is 23.0. The van der Waals surface area contributed by atoms with Crippen LogP contribution in [0.2, 0.25) is 0 Å². The van der Waals surface area contributed by atoms with E-state index in [-0.39, 0.29) is 5.91 Å². The standard InChI is InChI=1S/C25H21BrN2O4/c1-18(31-23-10-6-5-9-22(23)26)25(30)28-27-17-20-11-14-21(15-12-20)32-24(29)16-13-19-7-3-2-4-8-19/h2-18H,1H3,(H,28,30)/b16-13+,27-17-/t18-/m1/s1. The van der Waals surface area contributed by atoms with Crippen LogP contribution in [-0.4, -0.2) is 24.2 Å². The number of esters is 1. The highest BCUT2D eigenvalue weighted by atomic mass is 79.9. The molecule has 0 saturated heterocycles. The highest BCUT2D eigenvalue weighted by Crippen LogP contribution is 2.24. The molecule has 0 bridgehead atoms. The summed E-state index contributed by atoms with van der Waals surface area (Å²) in [6.07, 6.45) is 3.82. The Morgan fingerprint density at radius 3 is 2.34 bits per heavy atom. The van der Waals surface area contributed by atoms with Crippen LogP contribution in [0.3, 0.4) is 0 Å². The number of rotatable bonds is 8. The van der Waals surface area contributed by atoms with Gasteiger partial charge in [-0.25, -0.2) is 10.2 Å². The van der Waals surface area contributed by atoms with Gasteiger partial charge in [-0.3, -0.25) is 4.79 Å². The molecule has 3 aromatic rings. The van der Waals surface area contributed by atoms with Crippen molar-refractivity contribution in [1.82, 2.24) is 5.43 Å². The summed E-state index contributed by atoms with van der Waals surface area (Å²) < 4.78 is 11.7. The van der Waals surface area contributed by atoms with Crippen molar-refractivity contribution in [2.45, 2.75) is 13.0 Å². The Hall–Kier alpha value is -3.71. The zero-order valence-corrected chi connectivity index (χ0v) is 18.9. The number of benzene rings is 3. The normalized spacial score (nSPS) is 11.9. The number of carbonyl (C=O) groups is 2. The predicted octanol–water partition coefficient (Wildman–Crippen LogP) is 4.99. The molecule has 3 rings (SSSR count). The molecular weight excluding hydrogens is 472 g/mol. The van der Waals surface area contributed by atoms with E-state index in [1.165, 1.54) is 12.3 Å². The maximum atomic E-state index is 12.2. The minimum atomic E-state index is -0.725. The molecule has 0 radical (unpaired) electrons. The summed E-state index contributed by atoms with van der Waals surface area (Å²) in [5, 5.41) is 3.95. The third-order valence-electron chi connectivity index (χ3n) is 4.21. The number of carbonyl (C=O) groups excluding carboxylic acids is 2. The van der Waals surface area contributed by atoms with Crippen LogP contribution in [0.25, 0.3) is 6.08 Å². The van der Waals surface area contributed by atoms with E-state index in [2.05, 4.69) is 26.5 Å². The van der Waals surface area contributed by atoms with E-state index in [4.69, 9.17) is 9.47 Å². The van der Waals surface area contributed by atoms with Gasteiger partial charge in [0.15, 0.2) is 6.10 Å². The summed E-state index contributed by atoms with van der Waals surface area (Å²) in [6.45, 7) is 1.64. The van der Waals surface area contributed by atoms with Crippen LogP contribution in [0.15, 0.2) is 94.5 Å². The molecule has 0 spiro atoms. The second-order valence-electron chi connectivity index (χ2n) is 6.66. The van der Waals surface area contributed by atoms with Gasteiger partial charge in [0.2, 0.25) is 0 Å². The predicted molar refractivity (Wildman–Crippen MR) is 128 cm³/mol. The maximum Gasteiger partial charge on any atom is 0.336 e. The van der Waals surface area contributed by atoms with Crippen LogP contribution < -0.4 is 14.9 Å². The third-order valence-corrected chi connectivity index (χ3v) is 4.86. The van der Waals surface area contributed by atoms with E-state index >= 15 is 0 Å². The van der Waals surface area contributed by atoms with Gasteiger partial charge in [0, 0.05) is 6.08 Å². The van der Waals surface area contributed by atoms with Gasteiger partial charge in [-0.1, -0.05) is 42.5 Å². The highest BCUT2D eigenvalue weighted by molar-refractivity contribution is 9.10. The smallest absolute Gasteiger partial charge is 0.336 e. The number of amides is 1. The molecule has 32 heavy (non-hydrogen) atoms. The monoisotopic (exact) mass is 492 g/mol. The molecule has 3 aromatic carbocycles. The molecule has 1 amide bonds. The Bertz CT molecular complexity index is 1110. The molecule has 0 unspecified atom stereocenters. The zero-order valence-electron chi connectivity index (χ0n) is 17.3. The second-order valence-corrected chi connectivity index (χ2v) is 7.51. The molecule has 0 aliphatic heterocycles. The number of para-hydroxylation sites is 1. The lowest BCUT2D eigenvalue weighted by molar-refractivity contribution is -0.129. The van der Waals surface area contributed by atoms with Crippen LogP contribution in [0.5, 0.6) is 11.5 Å². The Morgan fingerprint density at radius 1 is 0.938 bits per heavy atom. The van der Waals surface area contributed by atoms with E-state index < -0.39 is 12.1 Å². The van der Waals surface area contributed by atoms with Gasteiger partial charge in [-0.05, 0) is 76.5 Å². The van der Waals surface area contributed by atoms with E-state index in [0.29, 0.717) is 11.5 Å². The van der Waals surface area contributed by atoms with Crippen LogP contribution in [0.4, 0.5) is 0 Å². The van der Waals surface area contributed by atoms with Crippen molar-refractivity contribution in [3.05, 3.63) is 101 Å². The van der Waals surface area contributed by atoms with Crippen molar-refractivity contribution in [3.8, 4) is 11.5 Å². The number of hydrogen-bond acceptors (Lipinski definition) is 5. The molecule has 1 atom stereocenters. The van der Waals surface area contributed by atoms with E-state index in [1.54, 1.807) is 43.3 Å². The van der Waals surface area contributed by atoms with Gasteiger partial charge >= 0.3 is 5.97 Å². The number of halogens is 1. The van der Waals surface area contributed by atoms with Crippen molar-refractivity contribution in [3.63, 3.8) is 0 Å². The molecule has 162 valence electrons. The molecule has 7 heteroatoms. The van der Waals surface area contributed by atoms with E-state index in [0.717, 1.165) is 15.6 Å². The van der Waals surface area contributed by atoms with Gasteiger partial charge in [0.05, 0.1) is 10.7 Å². The zero-order chi connectivity index (χ0) is 22.8. The third kappa shape index (κ3) is 7.21. The molecule has 6 nitrogen and oxygen atoms in total. The summed E-state index contributed by atoms with van der Waals surface area (Å²) in [7, 11) is 0. The molecular formula is C25H21BrN2O4. The van der Waals surface area contributed by atoms with Crippen molar-refractivity contribution >= 4 is 40.1 Å². The van der Waals surface area contributed by atoms with Gasteiger partial charge in [-0.15, -0.1) is 0 Å². The summed E-state index contributed by atoms with van der Waals surface area (Å²) in [5.41, 5.74) is 4.08. The summed E-state index contributed by atoms with van der Waals surface area (Å²) in [4.78, 5) is 24.1. The van der Waals surface area contributed by atoms with E-state index in [1.807, 2.05) is 48.5 Å². The lowest BCUT2D eigenvalue weighted by Crippen LogP contribution is -2.33. The van der Waals surface area contributed by atoms with Crippen LogP contribution in [-0.2, 0) is 9.59 Å². The SMILES string of the molecule is C[C@@H](Oc1ccccc1Br)C(=O)N/N=C\c1ccc(OC(=O)/C=C/c2ccccc2)cc1. The first-order valence-corrected chi connectivity index (χ1v) is 10.6. The van der Waals surface area contributed by atoms with E-state index in [9.17, 15) is 9.59 Å². The first-order valence-electron chi connectivity index (χ1n) is 9.80. The fourth-order valence-electron chi connectivity index (χ4n) is 2.55. The molecule has 1 N–H and O–H groups in total. The van der Waals surface area contributed by atoms with Gasteiger partial charge in [0.25, 0.3) is 5.91 Å². The first-order chi connectivity index (χ1) is 15.5. The van der Waals surface area contributed by atoms with Crippen molar-refractivity contribution in [2.75, 3.05) is 0 Å². The lowest BCUT2D eigenvalue weighted by Gasteiger charge is -2.13. The summed E-state index contributed by atoms with van der Waals surface area (Å²) in [6, 6.07) is 23.5. The number of nitrogens with zero attached hydrogens (tertiary/aromatic N) is 1. The van der Waals surface area contributed by atoms with Crippen LogP contribution in [0, 0.1) is 0 Å².